The summed E-state index contributed by atoms with van der Waals surface area (Å²) >= 11 is 0. The third-order valence-corrected chi connectivity index (χ3v) is 4.29. The summed E-state index contributed by atoms with van der Waals surface area (Å²) in [5.41, 5.74) is 3.33. The molecule has 1 nitrogen and oxygen atoms in total. The second-order valence-corrected chi connectivity index (χ2v) is 4.93. The Kier molecular flexibility index (Phi) is 2.88. The summed E-state index contributed by atoms with van der Waals surface area (Å²) in [5, 5.41) is 0. The largest absolute Gasteiger partial charge is 0.294 e. The first-order chi connectivity index (χ1) is 7.64. The molecule has 0 unspecified atom stereocenters. The molecular formula is C15H20O. The SMILES string of the molecule is CCC1(CC)CCc2cccc(C)c2C1=O. The van der Waals surface area contributed by atoms with E-state index in [2.05, 4.69) is 39.0 Å². The molecule has 0 saturated heterocycles. The lowest BCUT2D eigenvalue weighted by Crippen LogP contribution is -2.35. The van der Waals surface area contributed by atoms with Gasteiger partial charge in [0, 0.05) is 11.0 Å². The van der Waals surface area contributed by atoms with Crippen molar-refractivity contribution in [3.05, 3.63) is 34.9 Å². The van der Waals surface area contributed by atoms with Crippen LogP contribution in [0.5, 0.6) is 0 Å². The fourth-order valence-electron chi connectivity index (χ4n) is 2.94. The van der Waals surface area contributed by atoms with E-state index in [-0.39, 0.29) is 5.41 Å². The minimum Gasteiger partial charge on any atom is -0.294 e. The van der Waals surface area contributed by atoms with Crippen LogP contribution in [-0.2, 0) is 6.42 Å². The first kappa shape index (κ1) is 11.4. The Morgan fingerprint density at radius 1 is 1.25 bits per heavy atom. The molecule has 0 aromatic heterocycles. The monoisotopic (exact) mass is 216 g/mol. The van der Waals surface area contributed by atoms with Gasteiger partial charge in [-0.25, -0.2) is 0 Å². The number of fused-ring (bicyclic) bond motifs is 1. The molecule has 1 aromatic carbocycles. The molecule has 2 rings (SSSR count). The summed E-state index contributed by atoms with van der Waals surface area (Å²) in [5.74, 6) is 0.386. The topological polar surface area (TPSA) is 17.1 Å². The Morgan fingerprint density at radius 3 is 2.56 bits per heavy atom. The fourth-order valence-corrected chi connectivity index (χ4v) is 2.94. The van der Waals surface area contributed by atoms with Gasteiger partial charge in [0.2, 0.25) is 0 Å². The Bertz CT molecular complexity index is 413. The number of hydrogen-bond donors (Lipinski definition) is 0. The van der Waals surface area contributed by atoms with Gasteiger partial charge in [0.05, 0.1) is 0 Å². The van der Waals surface area contributed by atoms with Gasteiger partial charge in [-0.2, -0.15) is 0 Å². The molecule has 0 spiro atoms. The smallest absolute Gasteiger partial charge is 0.169 e. The Morgan fingerprint density at radius 2 is 1.94 bits per heavy atom. The minimum absolute atomic E-state index is 0.0842. The van der Waals surface area contributed by atoms with Gasteiger partial charge in [0.1, 0.15) is 0 Å². The van der Waals surface area contributed by atoms with Crippen LogP contribution in [0.15, 0.2) is 18.2 Å². The van der Waals surface area contributed by atoms with Gasteiger partial charge in [-0.1, -0.05) is 32.0 Å². The molecule has 0 N–H and O–H groups in total. The van der Waals surface area contributed by atoms with Gasteiger partial charge in [-0.05, 0) is 43.7 Å². The molecular weight excluding hydrogens is 196 g/mol. The summed E-state index contributed by atoms with van der Waals surface area (Å²) in [7, 11) is 0. The molecule has 1 aromatic rings. The van der Waals surface area contributed by atoms with Crippen LogP contribution >= 0.6 is 0 Å². The number of carbonyl (C=O) groups excluding carboxylic acids is 1. The molecule has 1 heteroatoms. The van der Waals surface area contributed by atoms with E-state index in [0.717, 1.165) is 36.8 Å². The third-order valence-electron chi connectivity index (χ3n) is 4.29. The standard InChI is InChI=1S/C15H20O/c1-4-15(5-2)10-9-12-8-6-7-11(3)13(12)14(15)16/h6-8H,4-5,9-10H2,1-3H3. The second-order valence-electron chi connectivity index (χ2n) is 4.93. The third kappa shape index (κ3) is 1.50. The zero-order valence-electron chi connectivity index (χ0n) is 10.5. The predicted molar refractivity (Wildman–Crippen MR) is 66.8 cm³/mol. The Balaban J connectivity index is 2.53. The highest BCUT2D eigenvalue weighted by molar-refractivity contribution is 6.03. The number of aryl methyl sites for hydroxylation is 2. The van der Waals surface area contributed by atoms with E-state index in [1.165, 1.54) is 5.56 Å². The lowest BCUT2D eigenvalue weighted by molar-refractivity contribution is 0.0737. The average Bonchev–Trinajstić information content (AvgIpc) is 2.30. The van der Waals surface area contributed by atoms with Crippen LogP contribution in [-0.4, -0.2) is 5.78 Å². The van der Waals surface area contributed by atoms with E-state index >= 15 is 0 Å². The van der Waals surface area contributed by atoms with E-state index in [1.807, 2.05) is 0 Å². The maximum Gasteiger partial charge on any atom is 0.169 e. The molecule has 0 amide bonds. The molecule has 0 heterocycles. The van der Waals surface area contributed by atoms with Crippen LogP contribution in [0.25, 0.3) is 0 Å². The van der Waals surface area contributed by atoms with Crippen molar-refractivity contribution in [1.29, 1.82) is 0 Å². The van der Waals surface area contributed by atoms with E-state index in [1.54, 1.807) is 0 Å². The Labute approximate surface area is 97.9 Å². The molecule has 16 heavy (non-hydrogen) atoms. The Hall–Kier alpha value is -1.11. The number of ketones is 1. The van der Waals surface area contributed by atoms with Gasteiger partial charge in [-0.3, -0.25) is 4.79 Å². The van der Waals surface area contributed by atoms with Crippen LogP contribution < -0.4 is 0 Å². The van der Waals surface area contributed by atoms with E-state index in [9.17, 15) is 4.79 Å². The molecule has 0 fully saturated rings. The van der Waals surface area contributed by atoms with Gasteiger partial charge >= 0.3 is 0 Å². The molecule has 86 valence electrons. The van der Waals surface area contributed by atoms with Crippen LogP contribution in [0.1, 0.15) is 54.6 Å². The first-order valence-corrected chi connectivity index (χ1v) is 6.28. The highest BCUT2D eigenvalue weighted by atomic mass is 16.1. The second kappa shape index (κ2) is 4.04. The summed E-state index contributed by atoms with van der Waals surface area (Å²) in [6.45, 7) is 6.34. The van der Waals surface area contributed by atoms with Crippen LogP contribution in [0.2, 0.25) is 0 Å². The zero-order chi connectivity index (χ0) is 11.8. The maximum absolute atomic E-state index is 12.6. The molecule has 1 aliphatic carbocycles. The highest BCUT2D eigenvalue weighted by Crippen LogP contribution is 2.41. The number of Topliss-reactive ketones (excluding diaryl/α,β-unsaturated/α-hetero) is 1. The van der Waals surface area contributed by atoms with E-state index < -0.39 is 0 Å². The minimum atomic E-state index is -0.0842. The molecule has 0 radical (unpaired) electrons. The number of rotatable bonds is 2. The molecule has 0 atom stereocenters. The highest BCUT2D eigenvalue weighted by Gasteiger charge is 2.39. The van der Waals surface area contributed by atoms with Crippen molar-refractivity contribution in [2.75, 3.05) is 0 Å². The van der Waals surface area contributed by atoms with Gasteiger partial charge in [0.15, 0.2) is 5.78 Å². The van der Waals surface area contributed by atoms with Crippen molar-refractivity contribution >= 4 is 5.78 Å². The van der Waals surface area contributed by atoms with E-state index in [0.29, 0.717) is 5.78 Å². The van der Waals surface area contributed by atoms with Crippen LogP contribution in [0.3, 0.4) is 0 Å². The summed E-state index contributed by atoms with van der Waals surface area (Å²) in [6.07, 6.45) is 4.02. The fraction of sp³-hybridized carbons (Fsp3) is 0.533. The molecule has 0 bridgehead atoms. The first-order valence-electron chi connectivity index (χ1n) is 6.28. The van der Waals surface area contributed by atoms with Crippen molar-refractivity contribution in [2.24, 2.45) is 5.41 Å². The number of benzene rings is 1. The van der Waals surface area contributed by atoms with Crippen molar-refractivity contribution in [2.45, 2.75) is 46.5 Å². The van der Waals surface area contributed by atoms with E-state index in [4.69, 9.17) is 0 Å². The number of hydrogen-bond acceptors (Lipinski definition) is 1. The van der Waals surface area contributed by atoms with Crippen molar-refractivity contribution < 1.29 is 4.79 Å². The lowest BCUT2D eigenvalue weighted by atomic mass is 9.66. The van der Waals surface area contributed by atoms with Crippen LogP contribution in [0.4, 0.5) is 0 Å². The summed E-state index contributed by atoms with van der Waals surface area (Å²) in [4.78, 5) is 12.6. The van der Waals surface area contributed by atoms with Gasteiger partial charge < -0.3 is 0 Å². The normalized spacial score (nSPS) is 18.3. The lowest BCUT2D eigenvalue weighted by Gasteiger charge is -2.35. The number of carbonyl (C=O) groups is 1. The summed E-state index contributed by atoms with van der Waals surface area (Å²) in [6, 6.07) is 6.22. The van der Waals surface area contributed by atoms with Gasteiger partial charge in [-0.15, -0.1) is 0 Å². The van der Waals surface area contributed by atoms with Crippen molar-refractivity contribution in [1.82, 2.24) is 0 Å². The van der Waals surface area contributed by atoms with Gasteiger partial charge in [0.25, 0.3) is 0 Å². The molecule has 0 aliphatic heterocycles. The molecule has 1 aliphatic rings. The quantitative estimate of drug-likeness (QED) is 0.732. The average molecular weight is 216 g/mol. The van der Waals surface area contributed by atoms with Crippen LogP contribution in [0, 0.1) is 12.3 Å². The zero-order valence-corrected chi connectivity index (χ0v) is 10.5. The van der Waals surface area contributed by atoms with Crippen molar-refractivity contribution in [3.8, 4) is 0 Å². The van der Waals surface area contributed by atoms with Crippen molar-refractivity contribution in [3.63, 3.8) is 0 Å². The predicted octanol–water partition coefficient (Wildman–Crippen LogP) is 3.93. The molecule has 0 saturated carbocycles. The summed E-state index contributed by atoms with van der Waals surface area (Å²) < 4.78 is 0. The maximum atomic E-state index is 12.6.